The van der Waals surface area contributed by atoms with Crippen molar-refractivity contribution in [1.82, 2.24) is 4.98 Å². The largest absolute Gasteiger partial charge is 0.496 e. The summed E-state index contributed by atoms with van der Waals surface area (Å²) in [4.78, 5) is 29.3. The van der Waals surface area contributed by atoms with Crippen LogP contribution in [-0.2, 0) is 14.2 Å². The van der Waals surface area contributed by atoms with Crippen molar-refractivity contribution < 1.29 is 38.4 Å². The third kappa shape index (κ3) is 8.02. The summed E-state index contributed by atoms with van der Waals surface area (Å²) in [7, 11) is 4.40. The van der Waals surface area contributed by atoms with Crippen molar-refractivity contribution in [3.63, 3.8) is 0 Å². The van der Waals surface area contributed by atoms with E-state index in [4.69, 9.17) is 28.8 Å². The van der Waals surface area contributed by atoms with E-state index in [2.05, 4.69) is 11.6 Å². The van der Waals surface area contributed by atoms with E-state index in [9.17, 15) is 9.59 Å². The Kier molecular flexibility index (Phi) is 11.4. The van der Waals surface area contributed by atoms with E-state index in [0.29, 0.717) is 44.9 Å². The molecule has 0 saturated carbocycles. The number of methoxy groups -OCH3 is 3. The Balaban J connectivity index is 2.06. The maximum absolute atomic E-state index is 13.0. The molecule has 0 bridgehead atoms. The number of esters is 2. The fourth-order valence-corrected chi connectivity index (χ4v) is 3.99. The van der Waals surface area contributed by atoms with E-state index in [1.807, 2.05) is 12.1 Å². The molecular weight excluding hydrogens is 514 g/mol. The summed E-state index contributed by atoms with van der Waals surface area (Å²) in [5, 5.41) is 9.15. The van der Waals surface area contributed by atoms with E-state index in [1.54, 1.807) is 55.6 Å². The van der Waals surface area contributed by atoms with Gasteiger partial charge in [0.2, 0.25) is 0 Å². The topological polar surface area (TPSA) is 113 Å². The number of carbonyl (C=O) groups is 2. The summed E-state index contributed by atoms with van der Waals surface area (Å²) in [5.41, 5.74) is 3.26. The number of rotatable bonds is 14. The molecule has 3 rings (SSSR count). The Morgan fingerprint density at radius 1 is 1.00 bits per heavy atom. The lowest BCUT2D eigenvalue weighted by atomic mass is 9.94. The van der Waals surface area contributed by atoms with Crippen molar-refractivity contribution in [2.75, 3.05) is 41.2 Å². The maximum Gasteiger partial charge on any atom is 0.338 e. The van der Waals surface area contributed by atoms with Gasteiger partial charge in [0.25, 0.3) is 0 Å². The first-order valence-corrected chi connectivity index (χ1v) is 12.5. The van der Waals surface area contributed by atoms with Gasteiger partial charge in [-0.15, -0.1) is 0 Å². The van der Waals surface area contributed by atoms with Crippen LogP contribution in [0.4, 0.5) is 0 Å². The predicted octanol–water partition coefficient (Wildman–Crippen LogP) is 4.82. The van der Waals surface area contributed by atoms with Crippen LogP contribution in [0.5, 0.6) is 11.5 Å². The molecular formula is C31H33NO8. The first-order chi connectivity index (χ1) is 19.4. The SMILES string of the molecule is C=C(COC)/C(=C/C[C@@H](OC(=O)c1ccncc1)c1cccc(OCCO)c1)c1cc(C(=O)OC)ccc1OC. The van der Waals surface area contributed by atoms with Crippen LogP contribution in [0.25, 0.3) is 5.57 Å². The highest BCUT2D eigenvalue weighted by Crippen LogP contribution is 2.35. The predicted molar refractivity (Wildman–Crippen MR) is 149 cm³/mol. The van der Waals surface area contributed by atoms with E-state index in [-0.39, 0.29) is 26.2 Å². The monoisotopic (exact) mass is 547 g/mol. The van der Waals surface area contributed by atoms with Gasteiger partial charge in [0.05, 0.1) is 38.6 Å². The zero-order valence-electron chi connectivity index (χ0n) is 22.8. The molecule has 210 valence electrons. The van der Waals surface area contributed by atoms with Crippen LogP contribution in [0.3, 0.4) is 0 Å². The molecule has 9 heteroatoms. The number of aliphatic hydroxyl groups excluding tert-OH is 1. The smallest absolute Gasteiger partial charge is 0.338 e. The average molecular weight is 548 g/mol. The van der Waals surface area contributed by atoms with Crippen LogP contribution in [-0.4, -0.2) is 63.2 Å². The third-order valence-corrected chi connectivity index (χ3v) is 5.90. The molecule has 2 aromatic carbocycles. The van der Waals surface area contributed by atoms with Crippen molar-refractivity contribution in [3.8, 4) is 11.5 Å². The molecule has 1 aromatic heterocycles. The number of carbonyl (C=O) groups excluding carboxylic acids is 2. The van der Waals surface area contributed by atoms with E-state index in [0.717, 1.165) is 0 Å². The lowest BCUT2D eigenvalue weighted by Gasteiger charge is -2.20. The summed E-state index contributed by atoms with van der Waals surface area (Å²) in [6.45, 7) is 4.38. The van der Waals surface area contributed by atoms with Gasteiger partial charge in [-0.05, 0) is 59.2 Å². The Hall–Kier alpha value is -4.47. The zero-order valence-corrected chi connectivity index (χ0v) is 22.8. The van der Waals surface area contributed by atoms with Gasteiger partial charge in [-0.1, -0.05) is 24.8 Å². The van der Waals surface area contributed by atoms with Crippen molar-refractivity contribution in [2.45, 2.75) is 12.5 Å². The number of aromatic nitrogens is 1. The quantitative estimate of drug-likeness (QED) is 0.224. The molecule has 0 radical (unpaired) electrons. The Bertz CT molecular complexity index is 1340. The summed E-state index contributed by atoms with van der Waals surface area (Å²) in [5.74, 6) is 0.0207. The van der Waals surface area contributed by atoms with Gasteiger partial charge in [0.15, 0.2) is 0 Å². The van der Waals surface area contributed by atoms with Crippen LogP contribution >= 0.6 is 0 Å². The van der Waals surface area contributed by atoms with Crippen molar-refractivity contribution in [2.24, 2.45) is 0 Å². The van der Waals surface area contributed by atoms with Gasteiger partial charge >= 0.3 is 11.9 Å². The van der Waals surface area contributed by atoms with Gasteiger partial charge in [0, 0.05) is 31.5 Å². The molecule has 0 aliphatic rings. The molecule has 9 nitrogen and oxygen atoms in total. The van der Waals surface area contributed by atoms with Gasteiger partial charge in [-0.3, -0.25) is 4.98 Å². The molecule has 0 aliphatic heterocycles. The highest BCUT2D eigenvalue weighted by Gasteiger charge is 2.21. The molecule has 3 aromatic rings. The lowest BCUT2D eigenvalue weighted by molar-refractivity contribution is 0.0302. The average Bonchev–Trinajstić information content (AvgIpc) is 2.99. The number of ether oxygens (including phenoxy) is 5. The summed E-state index contributed by atoms with van der Waals surface area (Å²) in [6.07, 6.45) is 4.42. The second-order valence-corrected chi connectivity index (χ2v) is 8.57. The second kappa shape index (κ2) is 15.2. The highest BCUT2D eigenvalue weighted by molar-refractivity contribution is 5.93. The Morgan fingerprint density at radius 2 is 1.77 bits per heavy atom. The summed E-state index contributed by atoms with van der Waals surface area (Å²) >= 11 is 0. The first kappa shape index (κ1) is 30.1. The van der Waals surface area contributed by atoms with Gasteiger partial charge in [0.1, 0.15) is 24.2 Å². The number of hydrogen-bond donors (Lipinski definition) is 1. The van der Waals surface area contributed by atoms with Crippen LogP contribution < -0.4 is 9.47 Å². The third-order valence-electron chi connectivity index (χ3n) is 5.90. The Morgan fingerprint density at radius 3 is 2.45 bits per heavy atom. The van der Waals surface area contributed by atoms with E-state index >= 15 is 0 Å². The van der Waals surface area contributed by atoms with Gasteiger partial charge in [-0.25, -0.2) is 9.59 Å². The molecule has 0 saturated heterocycles. The lowest BCUT2D eigenvalue weighted by Crippen LogP contribution is -2.12. The summed E-state index contributed by atoms with van der Waals surface area (Å²) < 4.78 is 27.4. The minimum atomic E-state index is -0.724. The zero-order chi connectivity index (χ0) is 28.9. The number of hydrogen-bond acceptors (Lipinski definition) is 9. The number of aliphatic hydroxyl groups is 1. The number of nitrogens with zero attached hydrogens (tertiary/aromatic N) is 1. The van der Waals surface area contributed by atoms with E-state index in [1.165, 1.54) is 26.6 Å². The van der Waals surface area contributed by atoms with Gasteiger partial charge < -0.3 is 28.8 Å². The first-order valence-electron chi connectivity index (χ1n) is 12.5. The molecule has 1 atom stereocenters. The Labute approximate surface area is 233 Å². The van der Waals surface area contributed by atoms with Crippen molar-refractivity contribution >= 4 is 17.5 Å². The molecule has 1 N–H and O–H groups in total. The molecule has 1 heterocycles. The number of benzene rings is 2. The van der Waals surface area contributed by atoms with Crippen molar-refractivity contribution in [3.05, 3.63) is 107 Å². The molecule has 0 fully saturated rings. The van der Waals surface area contributed by atoms with Crippen LogP contribution in [0, 0.1) is 0 Å². The fourth-order valence-electron chi connectivity index (χ4n) is 3.99. The highest BCUT2D eigenvalue weighted by atomic mass is 16.5. The van der Waals surface area contributed by atoms with E-state index < -0.39 is 18.0 Å². The van der Waals surface area contributed by atoms with Crippen LogP contribution in [0.15, 0.2) is 85.2 Å². The minimum absolute atomic E-state index is 0.127. The van der Waals surface area contributed by atoms with Gasteiger partial charge in [-0.2, -0.15) is 0 Å². The molecule has 0 amide bonds. The molecule has 40 heavy (non-hydrogen) atoms. The van der Waals surface area contributed by atoms with Crippen molar-refractivity contribution in [1.29, 1.82) is 0 Å². The fraction of sp³-hybridized carbons (Fsp3) is 0.258. The number of pyridine rings is 1. The second-order valence-electron chi connectivity index (χ2n) is 8.57. The molecule has 0 aliphatic carbocycles. The van der Waals surface area contributed by atoms with Crippen LogP contribution in [0.1, 0.15) is 44.4 Å². The summed E-state index contributed by atoms with van der Waals surface area (Å²) in [6, 6.07) is 15.2. The normalized spacial score (nSPS) is 11.8. The minimum Gasteiger partial charge on any atom is -0.496 e. The van der Waals surface area contributed by atoms with Crippen LogP contribution in [0.2, 0.25) is 0 Å². The standard InChI is InChI=1S/C31H33NO8/c1-21(20-36-2)26(27-19-24(30(34)38-4)8-10-29(27)37-3)9-11-28(40-31(35)22-12-14-32-15-13-22)23-6-5-7-25(18-23)39-17-16-33/h5-10,12-15,18-19,28,33H,1,11,16-17,20H2,2-4H3/b26-9-/t28-/m1/s1. The molecule has 0 spiro atoms. The maximum atomic E-state index is 13.0. The molecule has 0 unspecified atom stereocenters.